The second-order valence-electron chi connectivity index (χ2n) is 6.52. The summed E-state index contributed by atoms with van der Waals surface area (Å²) in [4.78, 5) is 28.0. The van der Waals surface area contributed by atoms with Crippen LogP contribution < -0.4 is 0 Å². The zero-order valence-corrected chi connectivity index (χ0v) is 13.0. The minimum atomic E-state index is -0.847. The first-order chi connectivity index (χ1) is 9.99. The van der Waals surface area contributed by atoms with Gasteiger partial charge in [-0.05, 0) is 45.7 Å². The molecule has 1 aliphatic heterocycles. The molecule has 1 saturated heterocycles. The monoisotopic (exact) mass is 294 g/mol. The number of piperidine rings is 1. The number of hydrogen-bond donors (Lipinski definition) is 1. The van der Waals surface area contributed by atoms with Crippen molar-refractivity contribution in [2.24, 2.45) is 17.8 Å². The summed E-state index contributed by atoms with van der Waals surface area (Å²) in [5.74, 6) is -1.10. The topological polar surface area (TPSA) is 60.9 Å². The number of aliphatic carboxylic acids is 1. The number of carboxylic acids is 1. The van der Waals surface area contributed by atoms with Crippen molar-refractivity contribution in [2.45, 2.75) is 25.7 Å². The molecule has 0 radical (unpaired) electrons. The summed E-state index contributed by atoms with van der Waals surface area (Å²) in [6.07, 6.45) is 6.90. The van der Waals surface area contributed by atoms with Gasteiger partial charge in [0.2, 0.25) is 5.91 Å². The van der Waals surface area contributed by atoms with Gasteiger partial charge in [-0.15, -0.1) is 0 Å². The van der Waals surface area contributed by atoms with Crippen LogP contribution in [0.4, 0.5) is 0 Å². The third-order valence-corrected chi connectivity index (χ3v) is 4.62. The highest BCUT2D eigenvalue weighted by Gasteiger charge is 2.37. The molecule has 5 nitrogen and oxygen atoms in total. The molecule has 1 amide bonds. The van der Waals surface area contributed by atoms with Crippen molar-refractivity contribution in [3.05, 3.63) is 12.2 Å². The Morgan fingerprint density at radius 3 is 2.24 bits per heavy atom. The second kappa shape index (κ2) is 7.07. The Morgan fingerprint density at radius 1 is 1.14 bits per heavy atom. The Kier molecular flexibility index (Phi) is 5.39. The fourth-order valence-corrected chi connectivity index (χ4v) is 3.45. The largest absolute Gasteiger partial charge is 0.481 e. The molecule has 2 aliphatic rings. The lowest BCUT2D eigenvalue weighted by atomic mass is 9.81. The Morgan fingerprint density at radius 2 is 1.71 bits per heavy atom. The van der Waals surface area contributed by atoms with E-state index in [9.17, 15) is 14.7 Å². The lowest BCUT2D eigenvalue weighted by molar-refractivity contribution is -0.151. The minimum absolute atomic E-state index is 0.0371. The van der Waals surface area contributed by atoms with Crippen LogP contribution in [0.5, 0.6) is 0 Å². The third-order valence-electron chi connectivity index (χ3n) is 4.62. The zero-order chi connectivity index (χ0) is 15.4. The van der Waals surface area contributed by atoms with Crippen LogP contribution in [0.15, 0.2) is 12.2 Å². The number of carbonyl (C=O) groups excluding carboxylic acids is 1. The fourth-order valence-electron chi connectivity index (χ4n) is 3.45. The van der Waals surface area contributed by atoms with Crippen molar-refractivity contribution in [2.75, 3.05) is 33.7 Å². The van der Waals surface area contributed by atoms with Gasteiger partial charge in [0.05, 0.1) is 11.8 Å². The van der Waals surface area contributed by atoms with Gasteiger partial charge in [0.1, 0.15) is 0 Å². The molecule has 0 unspecified atom stereocenters. The predicted molar refractivity (Wildman–Crippen MR) is 80.8 cm³/mol. The number of likely N-dealkylation sites (tertiary alicyclic amines) is 1. The highest BCUT2D eigenvalue weighted by Crippen LogP contribution is 2.29. The number of carbonyl (C=O) groups is 2. The maximum Gasteiger partial charge on any atom is 0.307 e. The number of rotatable bonds is 4. The highest BCUT2D eigenvalue weighted by atomic mass is 16.4. The first-order valence-electron chi connectivity index (χ1n) is 7.80. The summed E-state index contributed by atoms with van der Waals surface area (Å²) in [6, 6.07) is 0. The van der Waals surface area contributed by atoms with Crippen molar-refractivity contribution >= 4 is 11.9 Å². The average Bonchev–Trinajstić information content (AvgIpc) is 2.46. The van der Waals surface area contributed by atoms with E-state index in [1.54, 1.807) is 0 Å². The summed E-state index contributed by atoms with van der Waals surface area (Å²) >= 11 is 0. The normalized spacial score (nSPS) is 27.1. The first kappa shape index (κ1) is 16.0. The van der Waals surface area contributed by atoms with Gasteiger partial charge in [-0.25, -0.2) is 0 Å². The fraction of sp³-hybridized carbons (Fsp3) is 0.750. The Labute approximate surface area is 126 Å². The van der Waals surface area contributed by atoms with Crippen molar-refractivity contribution in [3.63, 3.8) is 0 Å². The van der Waals surface area contributed by atoms with Gasteiger partial charge in [-0.2, -0.15) is 0 Å². The van der Waals surface area contributed by atoms with Gasteiger partial charge >= 0.3 is 5.97 Å². The SMILES string of the molecule is CN(C)CC1CCN(C(=O)[C@@H]2CC=CC[C@@H]2C(=O)O)CC1. The molecule has 118 valence electrons. The summed E-state index contributed by atoms with van der Waals surface area (Å²) < 4.78 is 0. The van der Waals surface area contributed by atoms with E-state index in [1.807, 2.05) is 17.1 Å². The summed E-state index contributed by atoms with van der Waals surface area (Å²) in [5, 5.41) is 9.29. The van der Waals surface area contributed by atoms with Gasteiger partial charge in [0.25, 0.3) is 0 Å². The second-order valence-corrected chi connectivity index (χ2v) is 6.52. The number of amides is 1. The van der Waals surface area contributed by atoms with Gasteiger partial charge in [0, 0.05) is 19.6 Å². The molecule has 2 atom stereocenters. The molecule has 0 aromatic rings. The summed E-state index contributed by atoms with van der Waals surface area (Å²) in [6.45, 7) is 2.60. The number of nitrogens with zero attached hydrogens (tertiary/aromatic N) is 2. The van der Waals surface area contributed by atoms with Crippen LogP contribution in [-0.2, 0) is 9.59 Å². The standard InChI is InChI=1S/C16H26N2O3/c1-17(2)11-12-7-9-18(10-8-12)15(19)13-5-3-4-6-14(13)16(20)21/h3-4,12-14H,5-11H2,1-2H3,(H,20,21)/t13-,14+/m1/s1. The molecule has 1 heterocycles. The Balaban J connectivity index is 1.92. The summed E-state index contributed by atoms with van der Waals surface area (Å²) in [5.41, 5.74) is 0. The van der Waals surface area contributed by atoms with E-state index in [-0.39, 0.29) is 11.8 Å². The zero-order valence-electron chi connectivity index (χ0n) is 13.0. The molecule has 0 aromatic carbocycles. The molecule has 1 aliphatic carbocycles. The number of carboxylic acid groups (broad SMARTS) is 1. The van der Waals surface area contributed by atoms with Gasteiger partial charge in [-0.3, -0.25) is 9.59 Å². The predicted octanol–water partition coefficient (Wildman–Crippen LogP) is 1.45. The molecule has 0 aromatic heterocycles. The van der Waals surface area contributed by atoms with Crippen LogP contribution in [0, 0.1) is 17.8 Å². The third kappa shape index (κ3) is 4.06. The average molecular weight is 294 g/mol. The van der Waals surface area contributed by atoms with Crippen LogP contribution >= 0.6 is 0 Å². The molecule has 0 spiro atoms. The van der Waals surface area contributed by atoms with Crippen LogP contribution in [0.1, 0.15) is 25.7 Å². The molecule has 5 heteroatoms. The molecule has 0 saturated carbocycles. The molecule has 2 rings (SSSR count). The van der Waals surface area contributed by atoms with Crippen LogP contribution in [0.25, 0.3) is 0 Å². The van der Waals surface area contributed by atoms with E-state index in [2.05, 4.69) is 19.0 Å². The minimum Gasteiger partial charge on any atom is -0.481 e. The van der Waals surface area contributed by atoms with E-state index >= 15 is 0 Å². The Hall–Kier alpha value is -1.36. The maximum atomic E-state index is 12.6. The van der Waals surface area contributed by atoms with Crippen molar-refractivity contribution in [3.8, 4) is 0 Å². The van der Waals surface area contributed by atoms with Gasteiger partial charge in [-0.1, -0.05) is 12.2 Å². The number of allylic oxidation sites excluding steroid dienone is 2. The molecular formula is C16H26N2O3. The smallest absolute Gasteiger partial charge is 0.307 e. The van der Waals surface area contributed by atoms with Crippen molar-refractivity contribution in [1.82, 2.24) is 9.80 Å². The number of hydrogen-bond acceptors (Lipinski definition) is 3. The first-order valence-corrected chi connectivity index (χ1v) is 7.80. The maximum absolute atomic E-state index is 12.6. The Bertz CT molecular complexity index is 412. The molecule has 1 fully saturated rings. The summed E-state index contributed by atoms with van der Waals surface area (Å²) in [7, 11) is 4.15. The molecule has 1 N–H and O–H groups in total. The van der Waals surface area contributed by atoms with Crippen LogP contribution in [-0.4, -0.2) is 60.5 Å². The molecule has 21 heavy (non-hydrogen) atoms. The quantitative estimate of drug-likeness (QED) is 0.797. The van der Waals surface area contributed by atoms with Crippen molar-refractivity contribution < 1.29 is 14.7 Å². The van der Waals surface area contributed by atoms with Gasteiger partial charge in [0.15, 0.2) is 0 Å². The lowest BCUT2D eigenvalue weighted by Gasteiger charge is -2.36. The molecular weight excluding hydrogens is 268 g/mol. The van der Waals surface area contributed by atoms with E-state index in [0.29, 0.717) is 18.8 Å². The van der Waals surface area contributed by atoms with Crippen LogP contribution in [0.3, 0.4) is 0 Å². The highest BCUT2D eigenvalue weighted by molar-refractivity contribution is 5.85. The molecule has 0 bridgehead atoms. The van der Waals surface area contributed by atoms with Crippen LogP contribution in [0.2, 0.25) is 0 Å². The van der Waals surface area contributed by atoms with Gasteiger partial charge < -0.3 is 14.9 Å². The lowest BCUT2D eigenvalue weighted by Crippen LogP contribution is -2.46. The van der Waals surface area contributed by atoms with E-state index in [4.69, 9.17) is 0 Å². The van der Waals surface area contributed by atoms with E-state index < -0.39 is 11.9 Å². The van der Waals surface area contributed by atoms with E-state index in [0.717, 1.165) is 32.5 Å². The van der Waals surface area contributed by atoms with E-state index in [1.165, 1.54) is 0 Å². The van der Waals surface area contributed by atoms with Crippen molar-refractivity contribution in [1.29, 1.82) is 0 Å².